The fourth-order valence-corrected chi connectivity index (χ4v) is 3.58. The minimum atomic E-state index is -3.51. The Morgan fingerprint density at radius 1 is 1.56 bits per heavy atom. The molecular formula is C11H13ClN2O2S2. The van der Waals surface area contributed by atoms with Crippen LogP contribution in [0.2, 0.25) is 5.02 Å². The van der Waals surface area contributed by atoms with Crippen LogP contribution in [0.15, 0.2) is 23.1 Å². The Hall–Kier alpha value is -0.690. The van der Waals surface area contributed by atoms with Gasteiger partial charge in [-0.25, -0.2) is 13.1 Å². The van der Waals surface area contributed by atoms with Gasteiger partial charge >= 0.3 is 0 Å². The lowest BCUT2D eigenvalue weighted by molar-refractivity contribution is 0.578. The van der Waals surface area contributed by atoms with Gasteiger partial charge in [-0.2, -0.15) is 0 Å². The second-order valence-electron chi connectivity index (χ2n) is 4.45. The zero-order valence-electron chi connectivity index (χ0n) is 9.68. The van der Waals surface area contributed by atoms with Crippen molar-refractivity contribution in [2.45, 2.75) is 24.3 Å². The summed E-state index contributed by atoms with van der Waals surface area (Å²) in [6, 6.07) is 4.38. The zero-order chi connectivity index (χ0) is 13.5. The Morgan fingerprint density at radius 2 is 2.17 bits per heavy atom. The molecule has 0 heterocycles. The first-order valence-electron chi connectivity index (χ1n) is 5.43. The van der Waals surface area contributed by atoms with Crippen LogP contribution in [0.3, 0.4) is 0 Å². The van der Waals surface area contributed by atoms with Crippen LogP contribution in [0.25, 0.3) is 0 Å². The maximum absolute atomic E-state index is 12.0. The maximum atomic E-state index is 12.0. The number of hydrogen-bond acceptors (Lipinski definition) is 3. The summed E-state index contributed by atoms with van der Waals surface area (Å²) in [4.78, 5) is 0.277. The average molecular weight is 305 g/mol. The zero-order valence-corrected chi connectivity index (χ0v) is 12.1. The second-order valence-corrected chi connectivity index (χ2v) is 7.01. The van der Waals surface area contributed by atoms with Crippen molar-refractivity contribution in [2.24, 2.45) is 11.7 Å². The quantitative estimate of drug-likeness (QED) is 0.830. The number of halogens is 1. The Kier molecular flexibility index (Phi) is 3.64. The number of rotatable bonds is 4. The molecule has 2 rings (SSSR count). The summed E-state index contributed by atoms with van der Waals surface area (Å²) in [7, 11) is -3.51. The predicted molar refractivity (Wildman–Crippen MR) is 75.2 cm³/mol. The molecule has 1 aromatic rings. The Morgan fingerprint density at radius 3 is 2.61 bits per heavy atom. The van der Waals surface area contributed by atoms with Crippen molar-refractivity contribution >= 4 is 38.8 Å². The van der Waals surface area contributed by atoms with Gasteiger partial charge in [0.15, 0.2) is 0 Å². The van der Waals surface area contributed by atoms with E-state index in [1.807, 2.05) is 6.92 Å². The van der Waals surface area contributed by atoms with Crippen LogP contribution in [0.5, 0.6) is 0 Å². The highest BCUT2D eigenvalue weighted by atomic mass is 35.5. The van der Waals surface area contributed by atoms with E-state index in [0.29, 0.717) is 11.5 Å². The van der Waals surface area contributed by atoms with E-state index in [1.165, 1.54) is 18.2 Å². The molecule has 0 bridgehead atoms. The molecule has 18 heavy (non-hydrogen) atoms. The molecule has 1 saturated carbocycles. The Balaban J connectivity index is 2.28. The van der Waals surface area contributed by atoms with E-state index in [4.69, 9.17) is 29.6 Å². The second kappa shape index (κ2) is 4.77. The molecule has 2 unspecified atom stereocenters. The molecule has 0 amide bonds. The van der Waals surface area contributed by atoms with Gasteiger partial charge < -0.3 is 5.73 Å². The molecule has 1 aromatic carbocycles. The fraction of sp³-hybridized carbons (Fsp3) is 0.364. The fourth-order valence-electron chi connectivity index (χ4n) is 1.62. The molecule has 0 aliphatic heterocycles. The Bertz CT molecular complexity index is 601. The van der Waals surface area contributed by atoms with Crippen molar-refractivity contribution in [2.75, 3.05) is 0 Å². The molecule has 0 saturated heterocycles. The van der Waals surface area contributed by atoms with Crippen molar-refractivity contribution in [1.29, 1.82) is 0 Å². The molecular weight excluding hydrogens is 292 g/mol. The number of hydrogen-bond donors (Lipinski definition) is 2. The largest absolute Gasteiger partial charge is 0.389 e. The topological polar surface area (TPSA) is 72.2 Å². The van der Waals surface area contributed by atoms with E-state index >= 15 is 0 Å². The molecule has 98 valence electrons. The smallest absolute Gasteiger partial charge is 0.240 e. The van der Waals surface area contributed by atoms with Gasteiger partial charge in [0.1, 0.15) is 4.99 Å². The van der Waals surface area contributed by atoms with E-state index in [0.717, 1.165) is 6.42 Å². The number of nitrogens with one attached hydrogen (secondary N) is 1. The van der Waals surface area contributed by atoms with E-state index in [9.17, 15) is 8.42 Å². The van der Waals surface area contributed by atoms with E-state index in [1.54, 1.807) is 0 Å². The summed E-state index contributed by atoms with van der Waals surface area (Å²) >= 11 is 10.8. The number of benzene rings is 1. The lowest BCUT2D eigenvalue weighted by Crippen LogP contribution is -2.27. The maximum Gasteiger partial charge on any atom is 0.240 e. The van der Waals surface area contributed by atoms with Crippen molar-refractivity contribution < 1.29 is 8.42 Å². The first kappa shape index (κ1) is 13.7. The molecule has 3 N–H and O–H groups in total. The summed E-state index contributed by atoms with van der Waals surface area (Å²) in [5, 5.41) is 0.245. The summed E-state index contributed by atoms with van der Waals surface area (Å²) in [5.41, 5.74) is 5.94. The van der Waals surface area contributed by atoms with Crippen LogP contribution in [0.4, 0.5) is 0 Å². The van der Waals surface area contributed by atoms with Crippen LogP contribution in [-0.4, -0.2) is 19.4 Å². The third-order valence-corrected chi connectivity index (χ3v) is 4.95. The first-order chi connectivity index (χ1) is 8.31. The van der Waals surface area contributed by atoms with Gasteiger partial charge in [-0.3, -0.25) is 0 Å². The van der Waals surface area contributed by atoms with Crippen molar-refractivity contribution in [1.82, 2.24) is 4.72 Å². The minimum absolute atomic E-state index is 0.0315. The standard InChI is InChI=1S/C11H13ClN2O2S2/c1-6-4-10(6)14-18(15,16)7-2-3-8(11(13)17)9(12)5-7/h2-3,5-6,10,14H,4H2,1H3,(H2,13,17). The van der Waals surface area contributed by atoms with E-state index < -0.39 is 10.0 Å². The molecule has 0 spiro atoms. The minimum Gasteiger partial charge on any atom is -0.389 e. The normalized spacial score (nSPS) is 22.8. The summed E-state index contributed by atoms with van der Waals surface area (Å²) in [5.74, 6) is 0.395. The number of nitrogens with two attached hydrogens (primary N) is 1. The Labute approximate surface area is 117 Å². The highest BCUT2D eigenvalue weighted by molar-refractivity contribution is 7.89. The van der Waals surface area contributed by atoms with Crippen molar-refractivity contribution in [3.05, 3.63) is 28.8 Å². The van der Waals surface area contributed by atoms with Crippen LogP contribution in [0, 0.1) is 5.92 Å². The van der Waals surface area contributed by atoms with Gasteiger partial charge in [0.2, 0.25) is 10.0 Å². The SMILES string of the molecule is CC1CC1NS(=O)(=O)c1ccc(C(N)=S)c(Cl)c1. The van der Waals surface area contributed by atoms with Gasteiger partial charge in [0, 0.05) is 11.6 Å². The monoisotopic (exact) mass is 304 g/mol. The third-order valence-electron chi connectivity index (χ3n) is 2.93. The lowest BCUT2D eigenvalue weighted by atomic mass is 10.2. The summed E-state index contributed by atoms with van der Waals surface area (Å²) in [6.45, 7) is 2.00. The summed E-state index contributed by atoms with van der Waals surface area (Å²) in [6.07, 6.45) is 0.873. The number of thiocarbonyl (C=S) groups is 1. The summed E-state index contributed by atoms with van der Waals surface area (Å²) < 4.78 is 26.7. The van der Waals surface area contributed by atoms with Crippen LogP contribution in [0.1, 0.15) is 18.9 Å². The van der Waals surface area contributed by atoms with E-state index in [2.05, 4.69) is 4.72 Å². The average Bonchev–Trinajstić information content (AvgIpc) is 2.92. The third kappa shape index (κ3) is 2.83. The van der Waals surface area contributed by atoms with Crippen LogP contribution >= 0.6 is 23.8 Å². The van der Waals surface area contributed by atoms with Gasteiger partial charge in [0.25, 0.3) is 0 Å². The van der Waals surface area contributed by atoms with Gasteiger partial charge in [-0.05, 0) is 30.5 Å². The highest BCUT2D eigenvalue weighted by Crippen LogP contribution is 2.31. The van der Waals surface area contributed by atoms with E-state index in [-0.39, 0.29) is 20.9 Å². The molecule has 1 aliphatic rings. The lowest BCUT2D eigenvalue weighted by Gasteiger charge is -2.08. The van der Waals surface area contributed by atoms with Gasteiger partial charge in [-0.15, -0.1) is 0 Å². The van der Waals surface area contributed by atoms with Gasteiger partial charge in [0.05, 0.1) is 9.92 Å². The number of sulfonamides is 1. The molecule has 4 nitrogen and oxygen atoms in total. The van der Waals surface area contributed by atoms with Gasteiger partial charge in [-0.1, -0.05) is 30.7 Å². The molecule has 2 atom stereocenters. The van der Waals surface area contributed by atoms with Crippen molar-refractivity contribution in [3.63, 3.8) is 0 Å². The first-order valence-corrected chi connectivity index (χ1v) is 7.70. The van der Waals surface area contributed by atoms with Crippen LogP contribution < -0.4 is 10.5 Å². The molecule has 7 heteroatoms. The highest BCUT2D eigenvalue weighted by Gasteiger charge is 2.36. The molecule has 1 fully saturated rings. The van der Waals surface area contributed by atoms with Crippen molar-refractivity contribution in [3.8, 4) is 0 Å². The molecule has 0 aromatic heterocycles. The predicted octanol–water partition coefficient (Wildman–Crippen LogP) is 1.66. The molecule has 1 aliphatic carbocycles. The van der Waals surface area contributed by atoms with Crippen LogP contribution in [-0.2, 0) is 10.0 Å². The molecule has 0 radical (unpaired) electrons.